The molecule has 0 atom stereocenters. The molecule has 0 unspecified atom stereocenters. The molecular weight excluding hydrogens is 416 g/mol. The van der Waals surface area contributed by atoms with Crippen molar-refractivity contribution in [1.82, 2.24) is 10.3 Å². The first kappa shape index (κ1) is 18.4. The first-order valence-corrected chi connectivity index (χ1v) is 9.80. The van der Waals surface area contributed by atoms with E-state index < -0.39 is 0 Å². The molecule has 0 saturated heterocycles. The highest BCUT2D eigenvalue weighted by atomic mass is 79.9. The van der Waals surface area contributed by atoms with Crippen molar-refractivity contribution < 1.29 is 9.21 Å². The van der Waals surface area contributed by atoms with Crippen LogP contribution >= 0.6 is 15.9 Å². The number of benzene rings is 3. The van der Waals surface area contributed by atoms with Gasteiger partial charge in [0.1, 0.15) is 5.52 Å². The third-order valence-electron chi connectivity index (χ3n) is 4.76. The Bertz CT molecular complexity index is 1110. The highest BCUT2D eigenvalue weighted by molar-refractivity contribution is 9.10. The Hall–Kier alpha value is -2.92. The van der Waals surface area contributed by atoms with Gasteiger partial charge in [-0.05, 0) is 79.1 Å². The maximum absolute atomic E-state index is 12.2. The molecule has 5 heteroatoms. The van der Waals surface area contributed by atoms with Crippen LogP contribution in [-0.2, 0) is 6.54 Å². The number of hydrogen-bond donors (Lipinski definition) is 1. The Morgan fingerprint density at radius 3 is 2.39 bits per heavy atom. The molecule has 1 N–H and O–H groups in total. The molecular formula is C23H19BrN2O2. The summed E-state index contributed by atoms with van der Waals surface area (Å²) in [5.41, 5.74) is 6.60. The van der Waals surface area contributed by atoms with Gasteiger partial charge in [-0.2, -0.15) is 0 Å². The lowest BCUT2D eigenvalue weighted by Gasteiger charge is -2.06. The maximum Gasteiger partial charge on any atom is 0.251 e. The summed E-state index contributed by atoms with van der Waals surface area (Å²) in [7, 11) is 0. The van der Waals surface area contributed by atoms with E-state index in [2.05, 4.69) is 40.1 Å². The van der Waals surface area contributed by atoms with Crippen molar-refractivity contribution in [2.75, 3.05) is 0 Å². The second kappa shape index (κ2) is 7.60. The molecule has 1 heterocycles. The molecule has 0 saturated carbocycles. The zero-order chi connectivity index (χ0) is 19.7. The number of nitrogens with one attached hydrogen (secondary N) is 1. The molecule has 4 rings (SSSR count). The Morgan fingerprint density at radius 2 is 1.68 bits per heavy atom. The number of aromatic nitrogens is 1. The number of fused-ring (bicyclic) bond motifs is 1. The zero-order valence-corrected chi connectivity index (χ0v) is 17.2. The third kappa shape index (κ3) is 3.85. The molecule has 4 aromatic rings. The van der Waals surface area contributed by atoms with Gasteiger partial charge >= 0.3 is 0 Å². The van der Waals surface area contributed by atoms with Gasteiger partial charge < -0.3 is 9.73 Å². The summed E-state index contributed by atoms with van der Waals surface area (Å²) < 4.78 is 6.86. The van der Waals surface area contributed by atoms with Crippen molar-refractivity contribution >= 4 is 32.9 Å². The van der Waals surface area contributed by atoms with E-state index >= 15 is 0 Å². The molecule has 1 aromatic heterocycles. The highest BCUT2D eigenvalue weighted by Gasteiger charge is 2.10. The van der Waals surface area contributed by atoms with Crippen LogP contribution in [0.25, 0.3) is 22.6 Å². The smallest absolute Gasteiger partial charge is 0.251 e. The molecule has 0 radical (unpaired) electrons. The van der Waals surface area contributed by atoms with Crippen molar-refractivity contribution in [1.29, 1.82) is 0 Å². The summed E-state index contributed by atoms with van der Waals surface area (Å²) in [5, 5.41) is 2.93. The van der Waals surface area contributed by atoms with E-state index in [1.54, 1.807) is 12.1 Å². The minimum Gasteiger partial charge on any atom is -0.436 e. The number of amides is 1. The molecule has 0 bridgehead atoms. The van der Waals surface area contributed by atoms with E-state index in [1.807, 2.05) is 48.5 Å². The molecule has 3 aromatic carbocycles. The summed E-state index contributed by atoms with van der Waals surface area (Å²) in [6.07, 6.45) is 0. The van der Waals surface area contributed by atoms with E-state index in [1.165, 1.54) is 11.1 Å². The summed E-state index contributed by atoms with van der Waals surface area (Å²) in [6.45, 7) is 4.59. The fourth-order valence-electron chi connectivity index (χ4n) is 2.95. The summed E-state index contributed by atoms with van der Waals surface area (Å²) in [5.74, 6) is 0.506. The predicted octanol–water partition coefficient (Wildman–Crippen LogP) is 5.80. The van der Waals surface area contributed by atoms with Crippen LogP contribution in [0.4, 0.5) is 0 Å². The number of halogens is 1. The van der Waals surface area contributed by atoms with E-state index in [0.29, 0.717) is 18.0 Å². The Kier molecular flexibility index (Phi) is 5.01. The molecule has 28 heavy (non-hydrogen) atoms. The fraction of sp³-hybridized carbons (Fsp3) is 0.130. The lowest BCUT2D eigenvalue weighted by molar-refractivity contribution is 0.0951. The average Bonchev–Trinajstić information content (AvgIpc) is 3.10. The Labute approximate surface area is 171 Å². The topological polar surface area (TPSA) is 55.1 Å². The number of aryl methyl sites for hydroxylation is 2. The van der Waals surface area contributed by atoms with Gasteiger partial charge in [-0.15, -0.1) is 0 Å². The lowest BCUT2D eigenvalue weighted by atomic mass is 10.1. The molecule has 4 nitrogen and oxygen atoms in total. The second-order valence-electron chi connectivity index (χ2n) is 6.81. The van der Waals surface area contributed by atoms with Gasteiger partial charge in [0.15, 0.2) is 5.58 Å². The van der Waals surface area contributed by atoms with Gasteiger partial charge in [0.05, 0.1) is 0 Å². The van der Waals surface area contributed by atoms with E-state index in [4.69, 9.17) is 4.42 Å². The van der Waals surface area contributed by atoms with E-state index in [-0.39, 0.29) is 5.91 Å². The van der Waals surface area contributed by atoms with Crippen molar-refractivity contribution in [3.63, 3.8) is 0 Å². The van der Waals surface area contributed by atoms with Crippen LogP contribution in [0.5, 0.6) is 0 Å². The quantitative estimate of drug-likeness (QED) is 0.441. The van der Waals surface area contributed by atoms with Gasteiger partial charge in [0, 0.05) is 22.1 Å². The van der Waals surface area contributed by atoms with Crippen LogP contribution in [-0.4, -0.2) is 10.9 Å². The molecule has 140 valence electrons. The van der Waals surface area contributed by atoms with Crippen LogP contribution in [0.15, 0.2) is 69.6 Å². The number of carbonyl (C=O) groups excluding carboxylic acids is 1. The van der Waals surface area contributed by atoms with Crippen molar-refractivity contribution in [3.05, 3.63) is 87.4 Å². The van der Waals surface area contributed by atoms with E-state index in [0.717, 1.165) is 26.7 Å². The largest absolute Gasteiger partial charge is 0.436 e. The van der Waals surface area contributed by atoms with Gasteiger partial charge in [-0.3, -0.25) is 4.79 Å². The molecule has 1 amide bonds. The molecule has 0 aliphatic heterocycles. The minimum atomic E-state index is -0.0960. The number of oxazole rings is 1. The Morgan fingerprint density at radius 1 is 1.00 bits per heavy atom. The van der Waals surface area contributed by atoms with Crippen molar-refractivity contribution in [3.8, 4) is 11.5 Å². The van der Waals surface area contributed by atoms with Crippen molar-refractivity contribution in [2.45, 2.75) is 20.4 Å². The molecule has 0 aliphatic rings. The summed E-state index contributed by atoms with van der Waals surface area (Å²) in [6, 6.07) is 19.2. The molecule has 0 fully saturated rings. The van der Waals surface area contributed by atoms with Gasteiger partial charge in [-0.1, -0.05) is 28.1 Å². The van der Waals surface area contributed by atoms with Gasteiger partial charge in [0.2, 0.25) is 5.89 Å². The second-order valence-corrected chi connectivity index (χ2v) is 7.73. The monoisotopic (exact) mass is 434 g/mol. The van der Waals surface area contributed by atoms with Crippen LogP contribution < -0.4 is 5.32 Å². The van der Waals surface area contributed by atoms with Crippen LogP contribution in [0.2, 0.25) is 0 Å². The SMILES string of the molecule is Cc1cc2nc(-c3ccc(CNC(=O)c4ccc(Br)cc4)cc3)oc2cc1C. The van der Waals surface area contributed by atoms with Gasteiger partial charge in [0.25, 0.3) is 5.91 Å². The number of carbonyl (C=O) groups is 1. The molecule has 0 spiro atoms. The minimum absolute atomic E-state index is 0.0960. The normalized spacial score (nSPS) is 11.0. The van der Waals surface area contributed by atoms with Crippen LogP contribution in [0.1, 0.15) is 27.0 Å². The van der Waals surface area contributed by atoms with E-state index in [9.17, 15) is 4.79 Å². The summed E-state index contributed by atoms with van der Waals surface area (Å²) >= 11 is 3.37. The zero-order valence-electron chi connectivity index (χ0n) is 15.6. The van der Waals surface area contributed by atoms with Gasteiger partial charge in [-0.25, -0.2) is 4.98 Å². The average molecular weight is 435 g/mol. The maximum atomic E-state index is 12.2. The third-order valence-corrected chi connectivity index (χ3v) is 5.29. The molecule has 0 aliphatic carbocycles. The number of rotatable bonds is 4. The number of hydrogen-bond acceptors (Lipinski definition) is 3. The summed E-state index contributed by atoms with van der Waals surface area (Å²) in [4.78, 5) is 16.8. The standard InChI is InChI=1S/C23H19BrN2O2/c1-14-11-20-21(12-15(14)2)28-23(26-20)18-5-3-16(4-6-18)13-25-22(27)17-7-9-19(24)10-8-17/h3-12H,13H2,1-2H3,(H,25,27). The fourth-order valence-corrected chi connectivity index (χ4v) is 3.22. The predicted molar refractivity (Wildman–Crippen MR) is 114 cm³/mol. The van der Waals surface area contributed by atoms with Crippen LogP contribution in [0, 0.1) is 13.8 Å². The van der Waals surface area contributed by atoms with Crippen molar-refractivity contribution in [2.24, 2.45) is 0 Å². The number of nitrogens with zero attached hydrogens (tertiary/aromatic N) is 1. The Balaban J connectivity index is 1.46. The highest BCUT2D eigenvalue weighted by Crippen LogP contribution is 2.26. The lowest BCUT2D eigenvalue weighted by Crippen LogP contribution is -2.22. The first-order chi connectivity index (χ1) is 13.5. The first-order valence-electron chi connectivity index (χ1n) is 9.00. The van der Waals surface area contributed by atoms with Crippen LogP contribution in [0.3, 0.4) is 0 Å².